The molecule has 0 bridgehead atoms. The topological polar surface area (TPSA) is 141 Å². The third-order valence-electron chi connectivity index (χ3n) is 6.44. The van der Waals surface area contributed by atoms with Crippen molar-refractivity contribution < 1.29 is 39.4 Å². The predicted octanol–water partition coefficient (Wildman–Crippen LogP) is 0.655. The van der Waals surface area contributed by atoms with Crippen molar-refractivity contribution in [3.63, 3.8) is 0 Å². The van der Waals surface area contributed by atoms with Crippen LogP contribution >= 0.6 is 0 Å². The average Bonchev–Trinajstić information content (AvgIpc) is 2.87. The van der Waals surface area contributed by atoms with Gasteiger partial charge in [0.1, 0.15) is 18.3 Å². The van der Waals surface area contributed by atoms with Gasteiger partial charge in [-0.2, -0.15) is 0 Å². The zero-order chi connectivity index (χ0) is 27.2. The normalized spacial score (nSPS) is 24.2. The molecule has 1 aliphatic heterocycles. The summed E-state index contributed by atoms with van der Waals surface area (Å²) in [5.74, 6) is -0.776. The van der Waals surface area contributed by atoms with Gasteiger partial charge in [-0.3, -0.25) is 4.90 Å². The first-order chi connectivity index (χ1) is 17.7. The lowest BCUT2D eigenvalue weighted by Gasteiger charge is -2.39. The molecule has 0 spiro atoms. The minimum atomic E-state index is -1.68. The third kappa shape index (κ3) is 11.3. The lowest BCUT2D eigenvalue weighted by atomic mass is 9.91. The lowest BCUT2D eigenvalue weighted by Crippen LogP contribution is -2.60. The number of likely N-dealkylation sites (N-methyl/N-ethyl adjacent to an activating group) is 1. The summed E-state index contributed by atoms with van der Waals surface area (Å²) in [6, 6.07) is 7.85. The van der Waals surface area contributed by atoms with Crippen LogP contribution in [0.2, 0.25) is 0 Å². The minimum absolute atomic E-state index is 0.219. The summed E-state index contributed by atoms with van der Waals surface area (Å²) in [5, 5.41) is 42.6. The third-order valence-corrected chi connectivity index (χ3v) is 6.44. The van der Waals surface area contributed by atoms with Crippen LogP contribution in [0, 0.1) is 5.92 Å². The van der Waals surface area contributed by atoms with Crippen LogP contribution in [0.25, 0.3) is 0 Å². The first-order valence-electron chi connectivity index (χ1n) is 13.3. The van der Waals surface area contributed by atoms with E-state index < -0.39 is 36.5 Å². The van der Waals surface area contributed by atoms with Crippen LogP contribution in [0.15, 0.2) is 24.3 Å². The van der Waals surface area contributed by atoms with Gasteiger partial charge in [-0.15, -0.1) is 0 Å². The van der Waals surface area contributed by atoms with Crippen molar-refractivity contribution in [3.8, 4) is 0 Å². The number of nitrogens with zero attached hydrogens (tertiary/aromatic N) is 1. The second-order valence-electron chi connectivity index (χ2n) is 9.96. The Morgan fingerprint density at radius 1 is 0.973 bits per heavy atom. The first kappa shape index (κ1) is 31.6. The molecule has 1 fully saturated rings. The van der Waals surface area contributed by atoms with Crippen LogP contribution < -0.4 is 5.32 Å². The Morgan fingerprint density at radius 2 is 1.62 bits per heavy atom. The fourth-order valence-electron chi connectivity index (χ4n) is 4.14. The van der Waals surface area contributed by atoms with Crippen LogP contribution in [-0.4, -0.2) is 114 Å². The molecule has 37 heavy (non-hydrogen) atoms. The van der Waals surface area contributed by atoms with Crippen LogP contribution in [0.1, 0.15) is 38.3 Å². The molecule has 0 aromatic heterocycles. The molecule has 212 valence electrons. The van der Waals surface area contributed by atoms with Gasteiger partial charge in [0.25, 0.3) is 0 Å². The molecule has 10 nitrogen and oxygen atoms in total. The van der Waals surface area contributed by atoms with Gasteiger partial charge >= 0.3 is 5.97 Å². The number of hydrogen-bond donors (Lipinski definition) is 5. The van der Waals surface area contributed by atoms with Gasteiger partial charge in [-0.25, -0.2) is 4.79 Å². The summed E-state index contributed by atoms with van der Waals surface area (Å²) in [6.07, 6.45) is -5.85. The van der Waals surface area contributed by atoms with E-state index in [2.05, 4.69) is 31.0 Å². The number of rotatable bonds is 18. The standard InChI is InChI=1S/C27H46N2O8/c1-4-28-10-13-35-15-16-36-14-12-29(11-9-19(2)3)18-21-7-5-20(6-8-21)17-22-23(30)24(31)25(32)26(37-22)27(33)34/h5-8,19,22-26,28,30-32H,4,9-18H2,1-3H3,(H,33,34). The van der Waals surface area contributed by atoms with E-state index in [1.165, 1.54) is 0 Å². The summed E-state index contributed by atoms with van der Waals surface area (Å²) >= 11 is 0. The molecular formula is C27H46N2O8. The summed E-state index contributed by atoms with van der Waals surface area (Å²) in [4.78, 5) is 13.7. The lowest BCUT2D eigenvalue weighted by molar-refractivity contribution is -0.227. The molecule has 5 unspecified atom stereocenters. The van der Waals surface area contributed by atoms with Crippen molar-refractivity contribution in [2.45, 2.75) is 70.7 Å². The highest BCUT2D eigenvalue weighted by molar-refractivity contribution is 5.73. The van der Waals surface area contributed by atoms with E-state index in [1.807, 2.05) is 24.3 Å². The van der Waals surface area contributed by atoms with Gasteiger partial charge in [0, 0.05) is 26.1 Å². The molecule has 5 N–H and O–H groups in total. The summed E-state index contributed by atoms with van der Waals surface area (Å²) in [7, 11) is 0. The number of benzene rings is 1. The van der Waals surface area contributed by atoms with Crippen LogP contribution in [-0.2, 0) is 32.0 Å². The fourth-order valence-corrected chi connectivity index (χ4v) is 4.14. The van der Waals surface area contributed by atoms with Crippen LogP contribution in [0.3, 0.4) is 0 Å². The number of aliphatic carboxylic acids is 1. The molecule has 1 aromatic rings. The molecular weight excluding hydrogens is 480 g/mol. The van der Waals surface area contributed by atoms with Crippen LogP contribution in [0.4, 0.5) is 0 Å². The average molecular weight is 527 g/mol. The van der Waals surface area contributed by atoms with E-state index >= 15 is 0 Å². The van der Waals surface area contributed by atoms with Crippen molar-refractivity contribution in [1.82, 2.24) is 10.2 Å². The maximum Gasteiger partial charge on any atom is 0.335 e. The van der Waals surface area contributed by atoms with E-state index in [9.17, 15) is 25.2 Å². The highest BCUT2D eigenvalue weighted by atomic mass is 16.6. The number of aliphatic hydroxyl groups is 3. The largest absolute Gasteiger partial charge is 0.479 e. The quantitative estimate of drug-likeness (QED) is 0.173. The zero-order valence-corrected chi connectivity index (χ0v) is 22.4. The number of ether oxygens (including phenoxy) is 3. The molecule has 1 aliphatic rings. The van der Waals surface area contributed by atoms with Crippen molar-refractivity contribution in [2.75, 3.05) is 52.6 Å². The van der Waals surface area contributed by atoms with Gasteiger partial charge in [0.15, 0.2) is 6.10 Å². The molecule has 2 rings (SSSR count). The summed E-state index contributed by atoms with van der Waals surface area (Å²) < 4.78 is 16.7. The fraction of sp³-hybridized carbons (Fsp3) is 0.741. The van der Waals surface area contributed by atoms with E-state index in [4.69, 9.17) is 14.2 Å². The number of carboxylic acid groups (broad SMARTS) is 1. The Bertz CT molecular complexity index is 763. The monoisotopic (exact) mass is 526 g/mol. The Kier molecular flexibility index (Phi) is 14.6. The summed E-state index contributed by atoms with van der Waals surface area (Å²) in [6.45, 7) is 13.3. The minimum Gasteiger partial charge on any atom is -0.479 e. The Hall–Kier alpha value is -1.63. The molecule has 0 saturated carbocycles. The maximum absolute atomic E-state index is 11.3. The predicted molar refractivity (Wildman–Crippen MR) is 139 cm³/mol. The Morgan fingerprint density at radius 3 is 2.24 bits per heavy atom. The van der Waals surface area contributed by atoms with Gasteiger partial charge in [0.2, 0.25) is 0 Å². The molecule has 0 amide bonds. The second-order valence-corrected chi connectivity index (χ2v) is 9.96. The van der Waals surface area contributed by atoms with Crippen LogP contribution in [0.5, 0.6) is 0 Å². The van der Waals surface area contributed by atoms with Crippen molar-refractivity contribution in [3.05, 3.63) is 35.4 Å². The van der Waals surface area contributed by atoms with Crippen molar-refractivity contribution >= 4 is 5.97 Å². The molecule has 0 aliphatic carbocycles. The van der Waals surface area contributed by atoms with Gasteiger partial charge < -0.3 is 40.0 Å². The molecule has 1 heterocycles. The zero-order valence-electron chi connectivity index (χ0n) is 22.4. The van der Waals surface area contributed by atoms with Crippen molar-refractivity contribution in [2.24, 2.45) is 5.92 Å². The number of carboxylic acids is 1. The molecule has 5 atom stereocenters. The molecule has 10 heteroatoms. The van der Waals surface area contributed by atoms with Crippen molar-refractivity contribution in [1.29, 1.82) is 0 Å². The second kappa shape index (κ2) is 17.1. The van der Waals surface area contributed by atoms with Gasteiger partial charge in [-0.05, 0) is 36.6 Å². The molecule has 1 aromatic carbocycles. The first-order valence-corrected chi connectivity index (χ1v) is 13.3. The van der Waals surface area contributed by atoms with E-state index in [-0.39, 0.29) is 6.42 Å². The SMILES string of the molecule is CCNCCOCCOCCN(CCC(C)C)Cc1ccc(CC2OC(C(=O)O)C(O)C(O)C2O)cc1. The van der Waals surface area contributed by atoms with E-state index in [0.29, 0.717) is 32.3 Å². The van der Waals surface area contributed by atoms with E-state index in [1.54, 1.807) is 0 Å². The summed E-state index contributed by atoms with van der Waals surface area (Å²) in [5.41, 5.74) is 1.97. The smallest absolute Gasteiger partial charge is 0.335 e. The Labute approximate surface area is 220 Å². The van der Waals surface area contributed by atoms with Gasteiger partial charge in [-0.1, -0.05) is 45.0 Å². The highest BCUT2D eigenvalue weighted by Gasteiger charge is 2.46. The highest BCUT2D eigenvalue weighted by Crippen LogP contribution is 2.24. The molecule has 0 radical (unpaired) electrons. The molecule has 1 saturated heterocycles. The number of aliphatic hydroxyl groups excluding tert-OH is 3. The van der Waals surface area contributed by atoms with E-state index in [0.717, 1.165) is 50.3 Å². The van der Waals surface area contributed by atoms with Gasteiger partial charge in [0.05, 0.1) is 32.5 Å². The maximum atomic E-state index is 11.3. The Balaban J connectivity index is 1.84. The number of nitrogens with one attached hydrogen (secondary N) is 1. The number of carbonyl (C=O) groups is 1. The number of hydrogen-bond acceptors (Lipinski definition) is 9.